The molecule has 0 amide bonds. The number of aryl methyl sites for hydroxylation is 1. The highest BCUT2D eigenvalue weighted by atomic mass is 16.5. The van der Waals surface area contributed by atoms with Crippen molar-refractivity contribution in [3.05, 3.63) is 47.5 Å². The fraction of sp³-hybridized carbons (Fsp3) is 0.476. The summed E-state index contributed by atoms with van der Waals surface area (Å²) in [6, 6.07) is 3.31. The molecule has 146 valence electrons. The molecule has 0 atom stereocenters. The minimum atomic E-state index is -0.393. The number of aromatic hydroxyl groups is 1. The van der Waals surface area contributed by atoms with E-state index >= 15 is 0 Å². The second-order valence-electron chi connectivity index (χ2n) is 7.40. The zero-order valence-electron chi connectivity index (χ0n) is 16.4. The summed E-state index contributed by atoms with van der Waals surface area (Å²) in [5.41, 5.74) is 7.09. The van der Waals surface area contributed by atoms with Crippen molar-refractivity contribution >= 4 is 5.78 Å². The van der Waals surface area contributed by atoms with Crippen LogP contribution in [0, 0.1) is 5.41 Å². The number of nitrogens with two attached hydrogens (primary N) is 1. The molecule has 1 aromatic heterocycles. The lowest BCUT2D eigenvalue weighted by Gasteiger charge is -2.22. The van der Waals surface area contributed by atoms with Crippen LogP contribution in [0.2, 0.25) is 0 Å². The van der Waals surface area contributed by atoms with Crippen molar-refractivity contribution in [3.8, 4) is 11.5 Å². The van der Waals surface area contributed by atoms with Crippen LogP contribution in [-0.4, -0.2) is 34.0 Å². The highest BCUT2D eigenvalue weighted by Crippen LogP contribution is 2.34. The normalized spacial score (nSPS) is 11.4. The zero-order valence-corrected chi connectivity index (χ0v) is 16.4. The van der Waals surface area contributed by atoms with Gasteiger partial charge in [0.2, 0.25) is 5.78 Å². The Morgan fingerprint density at radius 2 is 2.04 bits per heavy atom. The Balaban J connectivity index is 2.17. The molecule has 1 aromatic carbocycles. The van der Waals surface area contributed by atoms with Crippen LogP contribution < -0.4 is 10.5 Å². The van der Waals surface area contributed by atoms with Crippen LogP contribution in [0.25, 0.3) is 0 Å². The van der Waals surface area contributed by atoms with Crippen molar-refractivity contribution in [3.63, 3.8) is 0 Å². The second-order valence-corrected chi connectivity index (χ2v) is 7.40. The second kappa shape index (κ2) is 9.46. The molecule has 2 rings (SSSR count). The van der Waals surface area contributed by atoms with Gasteiger partial charge in [-0.3, -0.25) is 9.78 Å². The number of aromatic nitrogens is 2. The van der Waals surface area contributed by atoms with E-state index < -0.39 is 5.78 Å². The average molecular weight is 371 g/mol. The van der Waals surface area contributed by atoms with Crippen LogP contribution >= 0.6 is 0 Å². The molecule has 0 aliphatic rings. The Kier molecular flexibility index (Phi) is 7.30. The van der Waals surface area contributed by atoms with E-state index in [1.807, 2.05) is 6.92 Å². The third kappa shape index (κ3) is 5.50. The minimum absolute atomic E-state index is 0.109. The molecule has 0 saturated carbocycles. The third-order valence-electron chi connectivity index (χ3n) is 4.67. The first-order valence-corrected chi connectivity index (χ1v) is 9.38. The number of phenols is 1. The molecule has 6 nitrogen and oxygen atoms in total. The lowest BCUT2D eigenvalue weighted by Crippen LogP contribution is -2.23. The van der Waals surface area contributed by atoms with Crippen molar-refractivity contribution in [2.75, 3.05) is 13.2 Å². The molecule has 2 aromatic rings. The fourth-order valence-corrected chi connectivity index (χ4v) is 2.80. The smallest absolute Gasteiger partial charge is 0.220 e. The number of hydrogen-bond donors (Lipinski definition) is 2. The third-order valence-corrected chi connectivity index (χ3v) is 4.67. The van der Waals surface area contributed by atoms with E-state index in [1.54, 1.807) is 6.07 Å². The van der Waals surface area contributed by atoms with Gasteiger partial charge in [-0.1, -0.05) is 26.8 Å². The monoisotopic (exact) mass is 371 g/mol. The molecule has 6 heteroatoms. The van der Waals surface area contributed by atoms with E-state index in [4.69, 9.17) is 10.5 Å². The molecular formula is C21H29N3O3. The standard InChI is InChI=1S/C21H29N3O3/c1-4-15-7-8-17(25)18(19(26)16-13-23-10-11-24-16)20(15)27-12-6-5-9-21(2,3)14-22/h7-8,10-11,13,25H,4-6,9,12,14,22H2,1-3H3. The first kappa shape index (κ1) is 20.8. The maximum absolute atomic E-state index is 12.9. The lowest BCUT2D eigenvalue weighted by atomic mass is 9.87. The van der Waals surface area contributed by atoms with E-state index in [0.717, 1.165) is 24.8 Å². The first-order valence-electron chi connectivity index (χ1n) is 9.38. The lowest BCUT2D eigenvalue weighted by molar-refractivity contribution is 0.102. The van der Waals surface area contributed by atoms with Gasteiger partial charge in [0.1, 0.15) is 22.8 Å². The molecule has 27 heavy (non-hydrogen) atoms. The van der Waals surface area contributed by atoms with Crippen molar-refractivity contribution in [1.29, 1.82) is 0 Å². The number of hydrogen-bond acceptors (Lipinski definition) is 6. The number of rotatable bonds is 10. The van der Waals surface area contributed by atoms with E-state index in [-0.39, 0.29) is 22.4 Å². The van der Waals surface area contributed by atoms with Gasteiger partial charge >= 0.3 is 0 Å². The average Bonchev–Trinajstić information content (AvgIpc) is 2.68. The van der Waals surface area contributed by atoms with Crippen LogP contribution in [0.4, 0.5) is 0 Å². The summed E-state index contributed by atoms with van der Waals surface area (Å²) in [7, 11) is 0. The SMILES string of the molecule is CCc1ccc(O)c(C(=O)c2cnccn2)c1OCCCCC(C)(C)CN. The molecule has 0 aliphatic carbocycles. The zero-order chi connectivity index (χ0) is 19.9. The summed E-state index contributed by atoms with van der Waals surface area (Å²) in [5.74, 6) is -0.0662. The summed E-state index contributed by atoms with van der Waals surface area (Å²) in [6.07, 6.45) is 7.88. The molecule has 0 aliphatic heterocycles. The Morgan fingerprint density at radius 3 is 2.67 bits per heavy atom. The molecule has 0 spiro atoms. The fourth-order valence-electron chi connectivity index (χ4n) is 2.80. The molecule has 0 fully saturated rings. The Labute approximate surface area is 160 Å². The summed E-state index contributed by atoms with van der Waals surface area (Å²) >= 11 is 0. The van der Waals surface area contributed by atoms with Gasteiger partial charge in [0.05, 0.1) is 12.8 Å². The minimum Gasteiger partial charge on any atom is -0.507 e. The number of unbranched alkanes of at least 4 members (excludes halogenated alkanes) is 1. The van der Waals surface area contributed by atoms with Crippen LogP contribution in [0.3, 0.4) is 0 Å². The van der Waals surface area contributed by atoms with Crippen LogP contribution in [-0.2, 0) is 6.42 Å². The van der Waals surface area contributed by atoms with Gasteiger partial charge in [0.25, 0.3) is 0 Å². The quantitative estimate of drug-likeness (QED) is 0.490. The molecule has 0 radical (unpaired) electrons. The summed E-state index contributed by atoms with van der Waals surface area (Å²) < 4.78 is 5.97. The summed E-state index contributed by atoms with van der Waals surface area (Å²) in [4.78, 5) is 20.8. The highest BCUT2D eigenvalue weighted by molar-refractivity contribution is 6.11. The van der Waals surface area contributed by atoms with Gasteiger partial charge < -0.3 is 15.6 Å². The summed E-state index contributed by atoms with van der Waals surface area (Å²) in [6.45, 7) is 7.40. The largest absolute Gasteiger partial charge is 0.507 e. The Morgan fingerprint density at radius 1 is 1.26 bits per heavy atom. The topological polar surface area (TPSA) is 98.3 Å². The van der Waals surface area contributed by atoms with Gasteiger partial charge in [-0.05, 0) is 49.3 Å². The van der Waals surface area contributed by atoms with Crippen molar-refractivity contribution in [2.45, 2.75) is 46.5 Å². The predicted molar refractivity (Wildman–Crippen MR) is 105 cm³/mol. The molecule has 0 unspecified atom stereocenters. The first-order chi connectivity index (χ1) is 12.9. The van der Waals surface area contributed by atoms with Crippen LogP contribution in [0.1, 0.15) is 61.6 Å². The number of carbonyl (C=O) groups is 1. The molecule has 0 bridgehead atoms. The van der Waals surface area contributed by atoms with E-state index in [2.05, 4.69) is 23.8 Å². The van der Waals surface area contributed by atoms with Crippen molar-refractivity contribution in [2.24, 2.45) is 11.1 Å². The molecular weight excluding hydrogens is 342 g/mol. The molecule has 3 N–H and O–H groups in total. The van der Waals surface area contributed by atoms with Gasteiger partial charge in [0.15, 0.2) is 0 Å². The molecule has 1 heterocycles. The Bertz CT molecular complexity index is 761. The number of carbonyl (C=O) groups excluding carboxylic acids is 1. The van der Waals surface area contributed by atoms with E-state index in [0.29, 0.717) is 25.3 Å². The summed E-state index contributed by atoms with van der Waals surface area (Å²) in [5, 5.41) is 10.3. The number of ketones is 1. The Hall–Kier alpha value is -2.47. The maximum Gasteiger partial charge on any atom is 0.220 e. The van der Waals surface area contributed by atoms with Crippen LogP contribution in [0.5, 0.6) is 11.5 Å². The predicted octanol–water partition coefficient (Wildman–Crippen LogP) is 3.51. The number of nitrogens with zero attached hydrogens (tertiary/aromatic N) is 2. The van der Waals surface area contributed by atoms with Crippen molar-refractivity contribution < 1.29 is 14.6 Å². The van der Waals surface area contributed by atoms with E-state index in [1.165, 1.54) is 24.7 Å². The van der Waals surface area contributed by atoms with Gasteiger partial charge in [-0.25, -0.2) is 4.98 Å². The molecule has 0 saturated heterocycles. The van der Waals surface area contributed by atoms with Gasteiger partial charge in [-0.15, -0.1) is 0 Å². The van der Waals surface area contributed by atoms with Crippen LogP contribution in [0.15, 0.2) is 30.7 Å². The van der Waals surface area contributed by atoms with Crippen molar-refractivity contribution in [1.82, 2.24) is 9.97 Å². The number of benzene rings is 1. The van der Waals surface area contributed by atoms with Gasteiger partial charge in [0, 0.05) is 12.4 Å². The highest BCUT2D eigenvalue weighted by Gasteiger charge is 2.23. The number of ether oxygens (including phenoxy) is 1. The van der Waals surface area contributed by atoms with Gasteiger partial charge in [-0.2, -0.15) is 0 Å². The maximum atomic E-state index is 12.9. The number of phenolic OH excluding ortho intramolecular Hbond substituents is 1. The van der Waals surface area contributed by atoms with E-state index in [9.17, 15) is 9.90 Å².